The van der Waals surface area contributed by atoms with Crippen LogP contribution >= 0.6 is 0 Å². The number of aromatic nitrogens is 1. The highest BCUT2D eigenvalue weighted by molar-refractivity contribution is 5.68. The van der Waals surface area contributed by atoms with E-state index in [1.54, 1.807) is 0 Å². The second-order valence-electron chi connectivity index (χ2n) is 5.32. The summed E-state index contributed by atoms with van der Waals surface area (Å²) in [4.78, 5) is 4.30. The number of piperidine rings is 1. The molecule has 0 spiro atoms. The Kier molecular flexibility index (Phi) is 3.28. The molecule has 1 fully saturated rings. The number of rotatable bonds is 2. The molecular formula is C16H20N2. The van der Waals surface area contributed by atoms with Crippen LogP contribution in [0.5, 0.6) is 0 Å². The van der Waals surface area contributed by atoms with Gasteiger partial charge in [-0.05, 0) is 60.9 Å². The number of fused-ring (bicyclic) bond motifs is 1. The Morgan fingerprint density at radius 3 is 3.17 bits per heavy atom. The lowest BCUT2D eigenvalue weighted by molar-refractivity contribution is 0.298. The van der Waals surface area contributed by atoms with Crippen LogP contribution in [-0.2, 0) is 0 Å². The molecule has 1 aliphatic carbocycles. The van der Waals surface area contributed by atoms with Crippen LogP contribution < -0.4 is 5.32 Å². The van der Waals surface area contributed by atoms with Gasteiger partial charge in [-0.15, -0.1) is 0 Å². The van der Waals surface area contributed by atoms with Gasteiger partial charge in [-0.25, -0.2) is 0 Å². The van der Waals surface area contributed by atoms with E-state index in [1.165, 1.54) is 36.8 Å². The van der Waals surface area contributed by atoms with E-state index in [-0.39, 0.29) is 0 Å². The molecule has 2 aliphatic rings. The number of hydrogen-bond acceptors (Lipinski definition) is 2. The van der Waals surface area contributed by atoms with E-state index in [0.717, 1.165) is 18.0 Å². The highest BCUT2D eigenvalue weighted by atomic mass is 14.9. The van der Waals surface area contributed by atoms with Crippen molar-refractivity contribution < 1.29 is 0 Å². The average Bonchev–Trinajstić information content (AvgIpc) is 2.47. The second kappa shape index (κ2) is 5.07. The van der Waals surface area contributed by atoms with Crippen molar-refractivity contribution >= 4 is 11.6 Å². The van der Waals surface area contributed by atoms with Crippen molar-refractivity contribution in [1.82, 2.24) is 10.3 Å². The van der Waals surface area contributed by atoms with Crippen molar-refractivity contribution in [1.29, 1.82) is 0 Å². The van der Waals surface area contributed by atoms with Crippen molar-refractivity contribution in [3.8, 4) is 0 Å². The van der Waals surface area contributed by atoms with Crippen LogP contribution in [0.3, 0.4) is 0 Å². The number of nitrogens with one attached hydrogen (secondary N) is 1. The summed E-state index contributed by atoms with van der Waals surface area (Å²) in [5.41, 5.74) is 3.81. The van der Waals surface area contributed by atoms with E-state index in [4.69, 9.17) is 0 Å². The Balaban J connectivity index is 1.87. The fourth-order valence-electron chi connectivity index (χ4n) is 3.12. The number of hydrogen-bond donors (Lipinski definition) is 1. The standard InChI is InChI=1S/C16H20N2/c1-2-12-8-15(11-17-10-12)14-6-5-13-4-3-7-18-16(13)9-14/h2,8-11,13,16,18H,1,3-7H2/t13-,16+/m0/s1. The molecule has 0 amide bonds. The first-order chi connectivity index (χ1) is 8.86. The molecule has 2 atom stereocenters. The molecule has 1 saturated heterocycles. The molecule has 2 heterocycles. The lowest BCUT2D eigenvalue weighted by Crippen LogP contribution is -2.41. The van der Waals surface area contributed by atoms with Gasteiger partial charge in [-0.2, -0.15) is 0 Å². The summed E-state index contributed by atoms with van der Waals surface area (Å²) in [7, 11) is 0. The zero-order chi connectivity index (χ0) is 12.4. The monoisotopic (exact) mass is 240 g/mol. The lowest BCUT2D eigenvalue weighted by Gasteiger charge is -2.35. The minimum Gasteiger partial charge on any atom is -0.310 e. The van der Waals surface area contributed by atoms with Crippen molar-refractivity contribution in [2.75, 3.05) is 6.54 Å². The maximum absolute atomic E-state index is 4.30. The van der Waals surface area contributed by atoms with Crippen LogP contribution in [0.1, 0.15) is 36.8 Å². The topological polar surface area (TPSA) is 24.9 Å². The van der Waals surface area contributed by atoms with Gasteiger partial charge in [0.05, 0.1) is 0 Å². The summed E-state index contributed by atoms with van der Waals surface area (Å²) < 4.78 is 0. The molecule has 2 heteroatoms. The minimum absolute atomic E-state index is 0.579. The van der Waals surface area contributed by atoms with Crippen molar-refractivity contribution in [2.45, 2.75) is 31.7 Å². The third kappa shape index (κ3) is 2.25. The SMILES string of the molecule is C=Cc1cncc(C2=C[C@H]3NCCC[C@H]3CC2)c1. The van der Waals surface area contributed by atoms with Crippen molar-refractivity contribution in [3.05, 3.63) is 42.2 Å². The van der Waals surface area contributed by atoms with E-state index in [1.807, 2.05) is 18.5 Å². The molecule has 0 aromatic carbocycles. The second-order valence-corrected chi connectivity index (χ2v) is 5.32. The van der Waals surface area contributed by atoms with E-state index >= 15 is 0 Å². The molecule has 2 nitrogen and oxygen atoms in total. The van der Waals surface area contributed by atoms with Gasteiger partial charge >= 0.3 is 0 Å². The van der Waals surface area contributed by atoms with Gasteiger partial charge in [0.25, 0.3) is 0 Å². The summed E-state index contributed by atoms with van der Waals surface area (Å²) in [5, 5.41) is 3.63. The molecule has 0 bridgehead atoms. The fraction of sp³-hybridized carbons (Fsp3) is 0.438. The molecule has 3 rings (SSSR count). The average molecular weight is 240 g/mol. The Labute approximate surface area is 109 Å². The number of pyridine rings is 1. The first kappa shape index (κ1) is 11.7. The Morgan fingerprint density at radius 2 is 2.28 bits per heavy atom. The van der Waals surface area contributed by atoms with E-state index < -0.39 is 0 Å². The predicted molar refractivity (Wildman–Crippen MR) is 76.1 cm³/mol. The molecule has 18 heavy (non-hydrogen) atoms. The fourth-order valence-corrected chi connectivity index (χ4v) is 3.12. The van der Waals surface area contributed by atoms with Crippen LogP contribution in [0.2, 0.25) is 0 Å². The molecule has 0 unspecified atom stereocenters. The van der Waals surface area contributed by atoms with Crippen LogP contribution in [0, 0.1) is 5.92 Å². The van der Waals surface area contributed by atoms with Crippen molar-refractivity contribution in [3.63, 3.8) is 0 Å². The maximum atomic E-state index is 4.30. The third-order valence-corrected chi connectivity index (χ3v) is 4.17. The summed E-state index contributed by atoms with van der Waals surface area (Å²) in [5.74, 6) is 0.845. The van der Waals surface area contributed by atoms with Crippen molar-refractivity contribution in [2.24, 2.45) is 5.92 Å². The van der Waals surface area contributed by atoms with Gasteiger partial charge < -0.3 is 5.32 Å². The molecule has 0 radical (unpaired) electrons. The molecule has 1 N–H and O–H groups in total. The summed E-state index contributed by atoms with van der Waals surface area (Å²) >= 11 is 0. The van der Waals surface area contributed by atoms with Gasteiger partial charge in [-0.1, -0.05) is 18.7 Å². The largest absolute Gasteiger partial charge is 0.310 e. The van der Waals surface area contributed by atoms with Gasteiger partial charge in [0.1, 0.15) is 0 Å². The van der Waals surface area contributed by atoms with E-state index in [9.17, 15) is 0 Å². The maximum Gasteiger partial charge on any atom is 0.0343 e. The smallest absolute Gasteiger partial charge is 0.0343 e. The normalized spacial score (nSPS) is 27.2. The first-order valence-electron chi connectivity index (χ1n) is 6.89. The third-order valence-electron chi connectivity index (χ3n) is 4.17. The highest BCUT2D eigenvalue weighted by Gasteiger charge is 2.27. The Bertz CT molecular complexity index is 476. The molecule has 1 aromatic heterocycles. The summed E-state index contributed by atoms with van der Waals surface area (Å²) in [6, 6.07) is 2.77. The van der Waals surface area contributed by atoms with Crippen LogP contribution in [0.15, 0.2) is 31.1 Å². The Morgan fingerprint density at radius 1 is 1.33 bits per heavy atom. The zero-order valence-corrected chi connectivity index (χ0v) is 10.7. The molecule has 94 valence electrons. The van der Waals surface area contributed by atoms with E-state index in [0.29, 0.717) is 6.04 Å². The van der Waals surface area contributed by atoms with E-state index in [2.05, 4.69) is 29.0 Å². The van der Waals surface area contributed by atoms with Gasteiger partial charge in [-0.3, -0.25) is 4.98 Å². The zero-order valence-electron chi connectivity index (χ0n) is 10.7. The van der Waals surface area contributed by atoms with Crippen LogP contribution in [0.25, 0.3) is 11.6 Å². The summed E-state index contributed by atoms with van der Waals surface area (Å²) in [6.45, 7) is 4.97. The summed E-state index contributed by atoms with van der Waals surface area (Å²) in [6.07, 6.45) is 13.3. The molecule has 1 aliphatic heterocycles. The highest BCUT2D eigenvalue weighted by Crippen LogP contribution is 2.34. The van der Waals surface area contributed by atoms with Gasteiger partial charge in [0, 0.05) is 18.4 Å². The molecule has 1 aromatic rings. The quantitative estimate of drug-likeness (QED) is 0.858. The van der Waals surface area contributed by atoms with Gasteiger partial charge in [0.2, 0.25) is 0 Å². The van der Waals surface area contributed by atoms with Gasteiger partial charge in [0.15, 0.2) is 0 Å². The molecule has 0 saturated carbocycles. The van der Waals surface area contributed by atoms with Crippen LogP contribution in [0.4, 0.5) is 0 Å². The predicted octanol–water partition coefficient (Wildman–Crippen LogP) is 3.27. The lowest BCUT2D eigenvalue weighted by atomic mass is 9.79. The number of allylic oxidation sites excluding steroid dienone is 1. The first-order valence-corrected chi connectivity index (χ1v) is 6.89. The van der Waals surface area contributed by atoms with Crippen LogP contribution in [-0.4, -0.2) is 17.6 Å². The minimum atomic E-state index is 0.579. The molecular weight excluding hydrogens is 220 g/mol. The Hall–Kier alpha value is -1.41. The number of nitrogens with zero attached hydrogens (tertiary/aromatic N) is 1.